The molecule has 1 amide bonds. The van der Waals surface area contributed by atoms with Crippen molar-refractivity contribution in [1.29, 1.82) is 0 Å². The molecule has 164 valence electrons. The van der Waals surface area contributed by atoms with Crippen LogP contribution in [0.2, 0.25) is 0 Å². The molecule has 0 spiro atoms. The molecule has 2 atom stereocenters. The van der Waals surface area contributed by atoms with Crippen LogP contribution in [0.15, 0.2) is 70.4 Å². The smallest absolute Gasteiger partial charge is 0.258 e. The predicted octanol–water partition coefficient (Wildman–Crippen LogP) is 4.51. The van der Waals surface area contributed by atoms with E-state index >= 15 is 0 Å². The van der Waals surface area contributed by atoms with Crippen LogP contribution in [0.3, 0.4) is 0 Å². The molecule has 1 fully saturated rings. The molecule has 32 heavy (non-hydrogen) atoms. The molecule has 1 saturated heterocycles. The van der Waals surface area contributed by atoms with Crippen molar-refractivity contribution in [2.45, 2.75) is 23.8 Å². The van der Waals surface area contributed by atoms with Crippen molar-refractivity contribution >= 4 is 17.7 Å². The number of carbonyl (C=O) groups excluding carboxylic acids is 1. The summed E-state index contributed by atoms with van der Waals surface area (Å²) in [5.74, 6) is 1.26. The number of carbonyl (C=O) groups is 1. The molecule has 1 aromatic heterocycles. The van der Waals surface area contributed by atoms with Crippen LogP contribution >= 0.6 is 11.8 Å². The number of likely N-dealkylation sites (tertiary alicyclic amines) is 1. The summed E-state index contributed by atoms with van der Waals surface area (Å²) in [6.45, 7) is 1.98. The normalized spacial score (nSPS) is 19.4. The van der Waals surface area contributed by atoms with Crippen LogP contribution in [0, 0.1) is 5.92 Å². The summed E-state index contributed by atoms with van der Waals surface area (Å²) in [5.41, 5.74) is 3.49. The first-order valence-electron chi connectivity index (χ1n) is 10.9. The van der Waals surface area contributed by atoms with Gasteiger partial charge in [0.05, 0.1) is 7.11 Å². The minimum Gasteiger partial charge on any atom is -0.497 e. The molecule has 5 nitrogen and oxygen atoms in total. The molecular formula is C26H26N2O3S. The molecule has 5 rings (SSSR count). The number of fused-ring (bicyclic) bond motifs is 4. The van der Waals surface area contributed by atoms with Crippen LogP contribution < -0.4 is 10.3 Å². The second kappa shape index (κ2) is 8.51. The van der Waals surface area contributed by atoms with E-state index in [0.717, 1.165) is 29.0 Å². The lowest BCUT2D eigenvalue weighted by atomic mass is 9.82. The molecule has 0 radical (unpaired) electrons. The molecule has 3 aromatic rings. The lowest BCUT2D eigenvalue weighted by Gasteiger charge is -2.43. The highest BCUT2D eigenvalue weighted by atomic mass is 32.2. The number of pyridine rings is 1. The summed E-state index contributed by atoms with van der Waals surface area (Å²) in [4.78, 5) is 29.6. The predicted molar refractivity (Wildman–Crippen MR) is 128 cm³/mol. The molecule has 2 aromatic carbocycles. The number of ether oxygens (including phenoxy) is 1. The summed E-state index contributed by atoms with van der Waals surface area (Å²) >= 11 is 1.69. The van der Waals surface area contributed by atoms with Gasteiger partial charge in [-0.3, -0.25) is 9.59 Å². The maximum atomic E-state index is 13.4. The van der Waals surface area contributed by atoms with E-state index in [-0.39, 0.29) is 23.3 Å². The zero-order chi connectivity index (χ0) is 22.2. The highest BCUT2D eigenvalue weighted by molar-refractivity contribution is 7.98. The van der Waals surface area contributed by atoms with Crippen LogP contribution in [0.25, 0.3) is 11.1 Å². The van der Waals surface area contributed by atoms with Crippen LogP contribution in [0.1, 0.15) is 28.4 Å². The Balaban J connectivity index is 1.41. The molecule has 3 heterocycles. The SMILES string of the molecule is COc1ccc(C(=O)N2C[C@@H]3C[C@H](C2)c2ccc(-c4ccc(SC)cc4)c(=O)n2C3)cc1. The van der Waals surface area contributed by atoms with Gasteiger partial charge in [-0.2, -0.15) is 0 Å². The van der Waals surface area contributed by atoms with Crippen LogP contribution in [0.4, 0.5) is 0 Å². The maximum Gasteiger partial charge on any atom is 0.258 e. The highest BCUT2D eigenvalue weighted by Crippen LogP contribution is 2.36. The number of aromatic nitrogens is 1. The van der Waals surface area contributed by atoms with Gasteiger partial charge >= 0.3 is 0 Å². The van der Waals surface area contributed by atoms with Crippen molar-refractivity contribution in [3.63, 3.8) is 0 Å². The Hall–Kier alpha value is -2.99. The number of methoxy groups -OCH3 is 1. The van der Waals surface area contributed by atoms with E-state index in [9.17, 15) is 9.59 Å². The van der Waals surface area contributed by atoms with Gasteiger partial charge in [0.15, 0.2) is 0 Å². The molecular weight excluding hydrogens is 420 g/mol. The average Bonchev–Trinajstić information content (AvgIpc) is 2.84. The van der Waals surface area contributed by atoms with Gasteiger partial charge in [-0.25, -0.2) is 0 Å². The Morgan fingerprint density at radius 3 is 2.41 bits per heavy atom. The van der Waals surface area contributed by atoms with Gasteiger partial charge in [-0.15, -0.1) is 11.8 Å². The van der Waals surface area contributed by atoms with Gasteiger partial charge in [0.2, 0.25) is 0 Å². The second-order valence-electron chi connectivity index (χ2n) is 8.55. The number of nitrogens with zero attached hydrogens (tertiary/aromatic N) is 2. The molecule has 0 unspecified atom stereocenters. The minimum absolute atomic E-state index is 0.0450. The number of hydrogen-bond donors (Lipinski definition) is 0. The van der Waals surface area contributed by atoms with Crippen LogP contribution in [-0.4, -0.2) is 41.8 Å². The number of thioether (sulfide) groups is 1. The van der Waals surface area contributed by atoms with Gasteiger partial charge in [-0.05, 0) is 72.7 Å². The number of amides is 1. The monoisotopic (exact) mass is 446 g/mol. The lowest BCUT2D eigenvalue weighted by Crippen LogP contribution is -2.49. The number of piperidine rings is 1. The number of rotatable bonds is 4. The fourth-order valence-electron chi connectivity index (χ4n) is 5.02. The first-order valence-corrected chi connectivity index (χ1v) is 12.1. The van der Waals surface area contributed by atoms with E-state index in [1.165, 1.54) is 4.90 Å². The largest absolute Gasteiger partial charge is 0.497 e. The lowest BCUT2D eigenvalue weighted by molar-refractivity contribution is 0.0594. The molecule has 2 bridgehead atoms. The third kappa shape index (κ3) is 3.73. The summed E-state index contributed by atoms with van der Waals surface area (Å²) in [7, 11) is 1.62. The van der Waals surface area contributed by atoms with E-state index < -0.39 is 0 Å². The summed E-state index contributed by atoms with van der Waals surface area (Å²) in [6.07, 6.45) is 3.07. The highest BCUT2D eigenvalue weighted by Gasteiger charge is 2.37. The van der Waals surface area contributed by atoms with Crippen molar-refractivity contribution in [3.8, 4) is 16.9 Å². The third-order valence-electron chi connectivity index (χ3n) is 6.63. The topological polar surface area (TPSA) is 51.5 Å². The summed E-state index contributed by atoms with van der Waals surface area (Å²) in [5, 5.41) is 0. The van der Waals surface area contributed by atoms with Crippen LogP contribution in [-0.2, 0) is 6.54 Å². The molecule has 0 N–H and O–H groups in total. The van der Waals surface area contributed by atoms with Gasteiger partial charge in [0, 0.05) is 47.3 Å². The van der Waals surface area contributed by atoms with E-state index in [4.69, 9.17) is 4.74 Å². The van der Waals surface area contributed by atoms with E-state index in [1.54, 1.807) is 18.9 Å². The molecule has 2 aliphatic rings. The Morgan fingerprint density at radius 2 is 1.72 bits per heavy atom. The average molecular weight is 447 g/mol. The Labute approximate surface area is 192 Å². The van der Waals surface area contributed by atoms with Gasteiger partial charge in [0.1, 0.15) is 5.75 Å². The van der Waals surface area contributed by atoms with Crippen molar-refractivity contribution in [2.75, 3.05) is 26.5 Å². The zero-order valence-electron chi connectivity index (χ0n) is 18.3. The van der Waals surface area contributed by atoms with Crippen molar-refractivity contribution in [3.05, 3.63) is 82.3 Å². The maximum absolute atomic E-state index is 13.4. The standard InChI is InChI=1S/C26H26N2O3S/c1-31-21-7-3-19(4-8-21)25(29)27-14-17-13-20(16-27)24-12-11-23(26(30)28(24)15-17)18-5-9-22(32-2)10-6-18/h3-12,17,20H,13-16H2,1-2H3/t17-,20+/m0/s1. The first kappa shape index (κ1) is 20.9. The van der Waals surface area contributed by atoms with E-state index in [0.29, 0.717) is 25.2 Å². The van der Waals surface area contributed by atoms with Crippen molar-refractivity contribution in [2.24, 2.45) is 5.92 Å². The minimum atomic E-state index is 0.0450. The summed E-state index contributed by atoms with van der Waals surface area (Å²) in [6, 6.07) is 19.5. The molecule has 2 aliphatic heterocycles. The Kier molecular flexibility index (Phi) is 5.55. The first-order chi connectivity index (χ1) is 15.6. The van der Waals surface area contributed by atoms with Gasteiger partial charge in [-0.1, -0.05) is 12.1 Å². The number of benzene rings is 2. The second-order valence-corrected chi connectivity index (χ2v) is 9.43. The summed E-state index contributed by atoms with van der Waals surface area (Å²) < 4.78 is 7.15. The van der Waals surface area contributed by atoms with Gasteiger partial charge < -0.3 is 14.2 Å². The van der Waals surface area contributed by atoms with Crippen LogP contribution in [0.5, 0.6) is 5.75 Å². The molecule has 6 heteroatoms. The Morgan fingerprint density at radius 1 is 0.969 bits per heavy atom. The molecule has 0 aliphatic carbocycles. The fourth-order valence-corrected chi connectivity index (χ4v) is 5.43. The fraction of sp³-hybridized carbons (Fsp3) is 0.308. The van der Waals surface area contributed by atoms with E-state index in [2.05, 4.69) is 18.2 Å². The van der Waals surface area contributed by atoms with Crippen molar-refractivity contribution in [1.82, 2.24) is 9.47 Å². The quantitative estimate of drug-likeness (QED) is 0.554. The van der Waals surface area contributed by atoms with Gasteiger partial charge in [0.25, 0.3) is 11.5 Å². The third-order valence-corrected chi connectivity index (χ3v) is 7.37. The number of hydrogen-bond acceptors (Lipinski definition) is 4. The van der Waals surface area contributed by atoms with Crippen molar-refractivity contribution < 1.29 is 9.53 Å². The molecule has 0 saturated carbocycles. The van der Waals surface area contributed by atoms with E-state index in [1.807, 2.05) is 58.2 Å². The zero-order valence-corrected chi connectivity index (χ0v) is 19.1. The Bertz CT molecular complexity index is 1200.